The molecule has 1 aromatic rings. The second-order valence-corrected chi connectivity index (χ2v) is 9.35. The number of hydrogen-bond donors (Lipinski definition) is 1. The van der Waals surface area contributed by atoms with E-state index in [9.17, 15) is 9.90 Å². The molecular weight excluding hydrogens is 382 g/mol. The van der Waals surface area contributed by atoms with Crippen molar-refractivity contribution in [2.45, 2.75) is 77.7 Å². The number of aliphatic hydroxyl groups is 1. The van der Waals surface area contributed by atoms with Gasteiger partial charge in [-0.2, -0.15) is 0 Å². The number of aromatic nitrogens is 3. The van der Waals surface area contributed by atoms with Crippen LogP contribution in [-0.4, -0.2) is 81.2 Å². The normalized spacial score (nSPS) is 25.8. The highest BCUT2D eigenvalue weighted by molar-refractivity contribution is 5.76. The molecule has 1 aliphatic heterocycles. The number of hydrogen-bond acceptors (Lipinski definition) is 6. The summed E-state index contributed by atoms with van der Waals surface area (Å²) in [5, 5.41) is 18.1. The Labute approximate surface area is 180 Å². The topological polar surface area (TPSA) is 83.7 Å². The fraction of sp³-hybridized carbons (Fsp3) is 0.864. The smallest absolute Gasteiger partial charge is 0.222 e. The summed E-state index contributed by atoms with van der Waals surface area (Å²) >= 11 is 0. The Bertz CT molecular complexity index is 661. The van der Waals surface area contributed by atoms with E-state index in [0.717, 1.165) is 24.7 Å². The summed E-state index contributed by atoms with van der Waals surface area (Å²) < 4.78 is 8.13. The van der Waals surface area contributed by atoms with Crippen LogP contribution in [0.1, 0.15) is 58.1 Å². The Kier molecular flexibility index (Phi) is 8.65. The fourth-order valence-electron chi connectivity index (χ4n) is 4.71. The fourth-order valence-corrected chi connectivity index (χ4v) is 4.71. The first kappa shape index (κ1) is 23.2. The average molecular weight is 422 g/mol. The first-order chi connectivity index (χ1) is 14.5. The van der Waals surface area contributed by atoms with E-state index in [1.807, 2.05) is 18.0 Å². The van der Waals surface area contributed by atoms with Crippen molar-refractivity contribution in [1.29, 1.82) is 0 Å². The third-order valence-corrected chi connectivity index (χ3v) is 6.58. The first-order valence-electron chi connectivity index (χ1n) is 11.6. The SMILES string of the molecule is C[C@H](CO)N1C[C@H](C)[C@@H](CN(C)CC2CCCC2)OCc2cn(nn2)CCCC1=O. The molecule has 1 aliphatic carbocycles. The van der Waals surface area contributed by atoms with Gasteiger partial charge >= 0.3 is 0 Å². The largest absolute Gasteiger partial charge is 0.394 e. The standard InChI is InChI=1S/C22H39N5O3/c1-17-11-27(18(2)15-28)22(29)9-6-10-26-13-20(23-24-26)16-30-21(17)14-25(3)12-19-7-4-5-8-19/h13,17-19,21,28H,4-12,14-16H2,1-3H3/t17-,18+,21+/m0/s1. The number of rotatable bonds is 6. The minimum absolute atomic E-state index is 0.0245. The molecule has 0 saturated heterocycles. The van der Waals surface area contributed by atoms with Crippen LogP contribution < -0.4 is 0 Å². The van der Waals surface area contributed by atoms with E-state index >= 15 is 0 Å². The number of carbonyl (C=O) groups excluding carboxylic acids is 1. The number of carbonyl (C=O) groups is 1. The van der Waals surface area contributed by atoms with Gasteiger partial charge in [0.25, 0.3) is 0 Å². The molecule has 0 aromatic carbocycles. The predicted octanol–water partition coefficient (Wildman–Crippen LogP) is 1.92. The highest BCUT2D eigenvalue weighted by Gasteiger charge is 2.28. The van der Waals surface area contributed by atoms with Crippen LogP contribution in [0.4, 0.5) is 0 Å². The lowest BCUT2D eigenvalue weighted by molar-refractivity contribution is -0.136. The van der Waals surface area contributed by atoms with Gasteiger partial charge in [0.1, 0.15) is 5.69 Å². The third kappa shape index (κ3) is 6.49. The Morgan fingerprint density at radius 1 is 1.30 bits per heavy atom. The van der Waals surface area contributed by atoms with Crippen LogP contribution in [0.5, 0.6) is 0 Å². The van der Waals surface area contributed by atoms with Gasteiger partial charge in [0.2, 0.25) is 5.91 Å². The van der Waals surface area contributed by atoms with Crippen LogP contribution in [0.2, 0.25) is 0 Å². The van der Waals surface area contributed by atoms with Crippen LogP contribution in [-0.2, 0) is 22.7 Å². The van der Waals surface area contributed by atoms with E-state index in [1.165, 1.54) is 25.7 Å². The van der Waals surface area contributed by atoms with Crippen LogP contribution in [0.3, 0.4) is 0 Å². The molecule has 0 radical (unpaired) electrons. The zero-order valence-corrected chi connectivity index (χ0v) is 18.9. The lowest BCUT2D eigenvalue weighted by atomic mass is 10.0. The molecule has 1 saturated carbocycles. The minimum Gasteiger partial charge on any atom is -0.394 e. The van der Waals surface area contributed by atoms with E-state index in [2.05, 4.69) is 29.2 Å². The quantitative estimate of drug-likeness (QED) is 0.756. The van der Waals surface area contributed by atoms with Gasteiger partial charge < -0.3 is 19.6 Å². The predicted molar refractivity (Wildman–Crippen MR) is 115 cm³/mol. The molecule has 1 aromatic heterocycles. The van der Waals surface area contributed by atoms with Crippen molar-refractivity contribution in [1.82, 2.24) is 24.8 Å². The van der Waals surface area contributed by atoms with E-state index in [0.29, 0.717) is 32.5 Å². The number of amides is 1. The molecule has 3 rings (SSSR count). The molecule has 170 valence electrons. The molecule has 2 heterocycles. The number of fused-ring (bicyclic) bond motifs is 2. The van der Waals surface area contributed by atoms with Crippen LogP contribution >= 0.6 is 0 Å². The summed E-state index contributed by atoms with van der Waals surface area (Å²) in [4.78, 5) is 17.1. The summed E-state index contributed by atoms with van der Waals surface area (Å²) in [6.45, 7) is 7.62. The van der Waals surface area contributed by atoms with Crippen molar-refractivity contribution in [3.63, 3.8) is 0 Å². The summed E-state index contributed by atoms with van der Waals surface area (Å²) in [5.41, 5.74) is 0.830. The number of aryl methyl sites for hydroxylation is 1. The van der Waals surface area contributed by atoms with E-state index in [1.54, 1.807) is 4.68 Å². The van der Waals surface area contributed by atoms with Gasteiger partial charge in [0, 0.05) is 38.5 Å². The number of nitrogens with zero attached hydrogens (tertiary/aromatic N) is 5. The minimum atomic E-state index is -0.195. The van der Waals surface area contributed by atoms with Crippen molar-refractivity contribution in [3.8, 4) is 0 Å². The van der Waals surface area contributed by atoms with Crippen LogP contribution in [0.25, 0.3) is 0 Å². The van der Waals surface area contributed by atoms with E-state index in [-0.39, 0.29) is 30.6 Å². The maximum absolute atomic E-state index is 12.9. The molecule has 2 bridgehead atoms. The Morgan fingerprint density at radius 3 is 2.80 bits per heavy atom. The number of likely N-dealkylation sites (N-methyl/N-ethyl adjacent to an activating group) is 1. The highest BCUT2D eigenvalue weighted by atomic mass is 16.5. The van der Waals surface area contributed by atoms with Gasteiger partial charge in [-0.1, -0.05) is 25.0 Å². The molecule has 1 N–H and O–H groups in total. The van der Waals surface area contributed by atoms with Crippen LogP contribution in [0, 0.1) is 11.8 Å². The first-order valence-corrected chi connectivity index (χ1v) is 11.6. The molecule has 0 spiro atoms. The molecular formula is C22H39N5O3. The van der Waals surface area contributed by atoms with Crippen molar-refractivity contribution in [2.24, 2.45) is 11.8 Å². The maximum atomic E-state index is 12.9. The molecule has 1 fully saturated rings. The van der Waals surface area contributed by atoms with Crippen LogP contribution in [0.15, 0.2) is 6.20 Å². The van der Waals surface area contributed by atoms with Crippen molar-refractivity contribution >= 4 is 5.91 Å². The summed E-state index contributed by atoms with van der Waals surface area (Å²) in [6, 6.07) is -0.195. The van der Waals surface area contributed by atoms with Gasteiger partial charge in [-0.25, -0.2) is 0 Å². The molecule has 30 heavy (non-hydrogen) atoms. The zero-order chi connectivity index (χ0) is 21.5. The second kappa shape index (κ2) is 11.2. The summed E-state index contributed by atoms with van der Waals surface area (Å²) in [7, 11) is 2.17. The molecule has 0 unspecified atom stereocenters. The average Bonchev–Trinajstić information content (AvgIpc) is 3.40. The van der Waals surface area contributed by atoms with Crippen molar-refractivity contribution < 1.29 is 14.6 Å². The molecule has 8 nitrogen and oxygen atoms in total. The lowest BCUT2D eigenvalue weighted by Crippen LogP contribution is -2.47. The number of aliphatic hydroxyl groups excluding tert-OH is 1. The second-order valence-electron chi connectivity index (χ2n) is 9.35. The molecule has 1 amide bonds. The Balaban J connectivity index is 1.72. The lowest BCUT2D eigenvalue weighted by Gasteiger charge is -2.35. The van der Waals surface area contributed by atoms with E-state index < -0.39 is 0 Å². The summed E-state index contributed by atoms with van der Waals surface area (Å²) in [6.07, 6.45) is 8.39. The van der Waals surface area contributed by atoms with Crippen molar-refractivity contribution in [3.05, 3.63) is 11.9 Å². The molecule has 3 atom stereocenters. The van der Waals surface area contributed by atoms with Gasteiger partial charge in [-0.15, -0.1) is 5.10 Å². The van der Waals surface area contributed by atoms with Gasteiger partial charge in [0.05, 0.1) is 31.6 Å². The highest BCUT2D eigenvalue weighted by Crippen LogP contribution is 2.26. The Hall–Kier alpha value is -1.51. The Morgan fingerprint density at radius 2 is 2.07 bits per heavy atom. The zero-order valence-electron chi connectivity index (χ0n) is 18.9. The van der Waals surface area contributed by atoms with Gasteiger partial charge in [0.15, 0.2) is 0 Å². The maximum Gasteiger partial charge on any atom is 0.222 e. The third-order valence-electron chi connectivity index (χ3n) is 6.58. The monoisotopic (exact) mass is 421 g/mol. The summed E-state index contributed by atoms with van der Waals surface area (Å²) in [5.74, 6) is 1.01. The molecule has 2 aliphatic rings. The van der Waals surface area contributed by atoms with Gasteiger partial charge in [-0.3, -0.25) is 9.48 Å². The molecule has 8 heteroatoms. The van der Waals surface area contributed by atoms with Gasteiger partial charge in [-0.05, 0) is 39.2 Å². The number of ether oxygens (including phenoxy) is 1. The van der Waals surface area contributed by atoms with E-state index in [4.69, 9.17) is 4.74 Å². The van der Waals surface area contributed by atoms with Crippen molar-refractivity contribution in [2.75, 3.05) is 33.3 Å².